The van der Waals surface area contributed by atoms with E-state index in [0.717, 1.165) is 22.2 Å². The van der Waals surface area contributed by atoms with E-state index in [0.29, 0.717) is 5.15 Å². The van der Waals surface area contributed by atoms with E-state index in [1.54, 1.807) is 23.1 Å². The van der Waals surface area contributed by atoms with Crippen molar-refractivity contribution in [3.05, 3.63) is 29.8 Å². The van der Waals surface area contributed by atoms with Crippen LogP contribution < -0.4 is 0 Å². The Morgan fingerprint density at radius 3 is 3.00 bits per heavy atom. The van der Waals surface area contributed by atoms with Gasteiger partial charge in [-0.05, 0) is 0 Å². The second-order valence-corrected chi connectivity index (χ2v) is 3.91. The Balaban J connectivity index is 2.25. The molecule has 0 fully saturated rings. The normalized spacial score (nSPS) is 11.1. The van der Waals surface area contributed by atoms with Gasteiger partial charge >= 0.3 is 0 Å². The number of H-pyrrole nitrogens is 1. The molecule has 1 N–H and O–H groups in total. The maximum absolute atomic E-state index is 5.80. The van der Waals surface area contributed by atoms with Gasteiger partial charge in [-0.15, -0.1) is 0 Å². The lowest BCUT2D eigenvalue weighted by atomic mass is 10.2. The van der Waals surface area contributed by atoms with Crippen LogP contribution in [0.5, 0.6) is 0 Å². The van der Waals surface area contributed by atoms with Gasteiger partial charge in [-0.1, -0.05) is 11.6 Å². The number of aryl methyl sites for hydroxylation is 1. The lowest BCUT2D eigenvalue weighted by Gasteiger charge is -1.92. The fraction of sp³-hybridized carbons (Fsp3) is 0.100. The summed E-state index contributed by atoms with van der Waals surface area (Å²) in [5, 5.41) is 12.7. The summed E-state index contributed by atoms with van der Waals surface area (Å²) in [5.74, 6) is 0. The smallest absolute Gasteiger partial charge is 0.131 e. The molecule has 0 aliphatic heterocycles. The van der Waals surface area contributed by atoms with Crippen LogP contribution in [0.25, 0.3) is 22.2 Å². The molecule has 0 spiro atoms. The van der Waals surface area contributed by atoms with Crippen LogP contribution in [-0.4, -0.2) is 25.0 Å². The summed E-state index contributed by atoms with van der Waals surface area (Å²) >= 11 is 5.80. The molecular formula is C10H8ClN5. The fourth-order valence-corrected chi connectivity index (χ4v) is 1.81. The summed E-state index contributed by atoms with van der Waals surface area (Å²) in [4.78, 5) is 4.05. The van der Waals surface area contributed by atoms with Crippen molar-refractivity contribution >= 4 is 22.5 Å². The van der Waals surface area contributed by atoms with Crippen LogP contribution >= 0.6 is 11.6 Å². The van der Waals surface area contributed by atoms with E-state index in [1.165, 1.54) is 0 Å². The zero-order valence-electron chi connectivity index (χ0n) is 8.48. The second kappa shape index (κ2) is 3.31. The number of hydrogen-bond donors (Lipinski definition) is 1. The second-order valence-electron chi connectivity index (χ2n) is 3.53. The monoisotopic (exact) mass is 233 g/mol. The van der Waals surface area contributed by atoms with Gasteiger partial charge in [0.25, 0.3) is 0 Å². The summed E-state index contributed by atoms with van der Waals surface area (Å²) in [7, 11) is 1.87. The van der Waals surface area contributed by atoms with Gasteiger partial charge in [0.2, 0.25) is 0 Å². The molecule has 16 heavy (non-hydrogen) atoms. The van der Waals surface area contributed by atoms with Gasteiger partial charge < -0.3 is 0 Å². The number of fused-ring (bicyclic) bond motifs is 1. The van der Waals surface area contributed by atoms with Crippen LogP contribution in [0.2, 0.25) is 5.15 Å². The van der Waals surface area contributed by atoms with Crippen molar-refractivity contribution in [2.45, 2.75) is 0 Å². The average molecular weight is 234 g/mol. The number of pyridine rings is 1. The number of aromatic nitrogens is 5. The van der Waals surface area contributed by atoms with Gasteiger partial charge in [-0.3, -0.25) is 9.78 Å². The lowest BCUT2D eigenvalue weighted by Crippen LogP contribution is -1.84. The third kappa shape index (κ3) is 1.37. The molecule has 0 amide bonds. The van der Waals surface area contributed by atoms with Crippen LogP contribution in [0.1, 0.15) is 0 Å². The molecule has 0 radical (unpaired) electrons. The van der Waals surface area contributed by atoms with Crippen molar-refractivity contribution in [3.8, 4) is 11.3 Å². The van der Waals surface area contributed by atoms with Crippen molar-refractivity contribution < 1.29 is 0 Å². The zero-order chi connectivity index (χ0) is 11.1. The molecule has 3 heterocycles. The van der Waals surface area contributed by atoms with Gasteiger partial charge in [0.05, 0.1) is 11.7 Å². The maximum atomic E-state index is 5.80. The summed E-state index contributed by atoms with van der Waals surface area (Å²) in [6.45, 7) is 0. The molecule has 0 saturated heterocycles. The minimum absolute atomic E-state index is 0.453. The molecular weight excluding hydrogens is 226 g/mol. The first-order chi connectivity index (χ1) is 7.74. The Kier molecular flexibility index (Phi) is 1.94. The van der Waals surface area contributed by atoms with Crippen LogP contribution in [0.15, 0.2) is 24.7 Å². The molecule has 80 valence electrons. The number of nitrogens with zero attached hydrogens (tertiary/aromatic N) is 4. The van der Waals surface area contributed by atoms with E-state index in [9.17, 15) is 0 Å². The molecule has 5 nitrogen and oxygen atoms in total. The summed E-state index contributed by atoms with van der Waals surface area (Å²) < 4.78 is 1.74. The molecule has 3 aromatic heterocycles. The first-order valence-electron chi connectivity index (χ1n) is 4.72. The van der Waals surface area contributed by atoms with Gasteiger partial charge in [0.15, 0.2) is 0 Å². The standard InChI is InChI=1S/C10H8ClN5/c1-16-5-6(3-13-16)10-7-4-12-9(11)2-8(7)14-15-10/h2-5H,1H3,(H,14,15). The summed E-state index contributed by atoms with van der Waals surface area (Å²) in [6.07, 6.45) is 5.39. The summed E-state index contributed by atoms with van der Waals surface area (Å²) in [6, 6.07) is 1.75. The Morgan fingerprint density at radius 1 is 1.38 bits per heavy atom. The van der Waals surface area contributed by atoms with Crippen molar-refractivity contribution in [3.63, 3.8) is 0 Å². The molecule has 0 aliphatic carbocycles. The topological polar surface area (TPSA) is 59.4 Å². The third-order valence-corrected chi connectivity index (χ3v) is 2.60. The minimum atomic E-state index is 0.453. The molecule has 6 heteroatoms. The van der Waals surface area contributed by atoms with E-state index < -0.39 is 0 Å². The number of halogens is 1. The quantitative estimate of drug-likeness (QED) is 0.654. The predicted octanol–water partition coefficient (Wildman–Crippen LogP) is 2.01. The van der Waals surface area contributed by atoms with Gasteiger partial charge in [0, 0.05) is 36.5 Å². The molecule has 0 aromatic carbocycles. The average Bonchev–Trinajstić information content (AvgIpc) is 2.83. The molecule has 0 saturated carbocycles. The van der Waals surface area contributed by atoms with Crippen LogP contribution in [-0.2, 0) is 7.05 Å². The molecule has 0 aliphatic rings. The Bertz CT molecular complexity index is 654. The van der Waals surface area contributed by atoms with Crippen molar-refractivity contribution in [1.82, 2.24) is 25.0 Å². The van der Waals surface area contributed by atoms with Crippen LogP contribution in [0.4, 0.5) is 0 Å². The third-order valence-electron chi connectivity index (χ3n) is 2.39. The first-order valence-corrected chi connectivity index (χ1v) is 5.10. The van der Waals surface area contributed by atoms with E-state index in [4.69, 9.17) is 11.6 Å². The van der Waals surface area contributed by atoms with Crippen molar-refractivity contribution in [2.75, 3.05) is 0 Å². The first kappa shape index (κ1) is 9.35. The minimum Gasteiger partial charge on any atom is -0.277 e. The highest BCUT2D eigenvalue weighted by Crippen LogP contribution is 2.26. The highest BCUT2D eigenvalue weighted by molar-refractivity contribution is 6.30. The largest absolute Gasteiger partial charge is 0.277 e. The molecule has 0 unspecified atom stereocenters. The zero-order valence-corrected chi connectivity index (χ0v) is 9.23. The number of aromatic amines is 1. The maximum Gasteiger partial charge on any atom is 0.131 e. The van der Waals surface area contributed by atoms with Gasteiger partial charge in [-0.2, -0.15) is 10.2 Å². The number of rotatable bonds is 1. The van der Waals surface area contributed by atoms with E-state index in [-0.39, 0.29) is 0 Å². The van der Waals surface area contributed by atoms with Gasteiger partial charge in [0.1, 0.15) is 10.8 Å². The molecule has 0 atom stereocenters. The summed E-state index contributed by atoms with van der Waals surface area (Å²) in [5.41, 5.74) is 2.67. The molecule has 0 bridgehead atoms. The van der Waals surface area contributed by atoms with Crippen LogP contribution in [0, 0.1) is 0 Å². The Hall–Kier alpha value is -1.88. The molecule has 3 rings (SSSR count). The Labute approximate surface area is 96.1 Å². The van der Waals surface area contributed by atoms with Crippen LogP contribution in [0.3, 0.4) is 0 Å². The van der Waals surface area contributed by atoms with E-state index in [1.807, 2.05) is 13.2 Å². The SMILES string of the molecule is Cn1cc(-c2n[nH]c3cc(Cl)ncc23)cn1. The highest BCUT2D eigenvalue weighted by atomic mass is 35.5. The van der Waals surface area contributed by atoms with Gasteiger partial charge in [-0.25, -0.2) is 4.98 Å². The Morgan fingerprint density at radius 2 is 2.25 bits per heavy atom. The fourth-order valence-electron chi connectivity index (χ4n) is 1.65. The van der Waals surface area contributed by atoms with E-state index in [2.05, 4.69) is 20.3 Å². The number of hydrogen-bond acceptors (Lipinski definition) is 3. The predicted molar refractivity (Wildman–Crippen MR) is 61.1 cm³/mol. The van der Waals surface area contributed by atoms with Crippen molar-refractivity contribution in [1.29, 1.82) is 0 Å². The van der Waals surface area contributed by atoms with Crippen molar-refractivity contribution in [2.24, 2.45) is 7.05 Å². The molecule has 3 aromatic rings. The lowest BCUT2D eigenvalue weighted by molar-refractivity contribution is 0.768. The number of nitrogens with one attached hydrogen (secondary N) is 1. The highest BCUT2D eigenvalue weighted by Gasteiger charge is 2.10. The van der Waals surface area contributed by atoms with E-state index >= 15 is 0 Å².